The van der Waals surface area contributed by atoms with E-state index in [2.05, 4.69) is 17.2 Å². The number of amides is 2. The Hall–Kier alpha value is -2.63. The van der Waals surface area contributed by atoms with Crippen molar-refractivity contribution in [1.29, 1.82) is 0 Å². The van der Waals surface area contributed by atoms with Crippen LogP contribution in [0, 0.1) is 0 Å². The summed E-state index contributed by atoms with van der Waals surface area (Å²) in [4.78, 5) is 36.6. The molecule has 1 saturated heterocycles. The third kappa shape index (κ3) is 8.80. The summed E-state index contributed by atoms with van der Waals surface area (Å²) in [6.45, 7) is 4.08. The molecular formula is C24H34N2O4. The van der Waals surface area contributed by atoms with Gasteiger partial charge >= 0.3 is 5.97 Å². The van der Waals surface area contributed by atoms with E-state index in [-0.39, 0.29) is 18.2 Å². The number of hydrogen-bond donors (Lipinski definition) is 2. The second kappa shape index (κ2) is 13.6. The Bertz CT molecular complexity index is 690. The molecule has 1 fully saturated rings. The Morgan fingerprint density at radius 2 is 1.50 bits per heavy atom. The zero-order valence-electron chi connectivity index (χ0n) is 17.7. The summed E-state index contributed by atoms with van der Waals surface area (Å²) >= 11 is 0. The average molecular weight is 415 g/mol. The van der Waals surface area contributed by atoms with Gasteiger partial charge in [0.05, 0.1) is 13.0 Å². The molecule has 2 amide bonds. The fourth-order valence-electron chi connectivity index (χ4n) is 3.50. The summed E-state index contributed by atoms with van der Waals surface area (Å²) < 4.78 is 5.23. The summed E-state index contributed by atoms with van der Waals surface area (Å²) in [5.74, 6) is -1.07. The summed E-state index contributed by atoms with van der Waals surface area (Å²) in [5, 5.41) is 5.36. The molecule has 2 rings (SSSR count). The van der Waals surface area contributed by atoms with E-state index in [4.69, 9.17) is 4.74 Å². The standard InChI is InChI=1S/C24H34N2O4/c1-2-3-4-5-6-7-8-9-13-16-30-22(27)18-21-24(29)25-20(23(28)26-21)17-19-14-11-10-12-15-19/h2,10-12,14-15,20-21H,1,3-9,13,16-18H2,(H,25,29)(H,26,28)/t20-,21-/m1/s1. The van der Waals surface area contributed by atoms with Crippen molar-refractivity contribution < 1.29 is 19.1 Å². The Labute approximate surface area is 179 Å². The second-order valence-corrected chi connectivity index (χ2v) is 7.79. The first-order chi connectivity index (χ1) is 14.6. The SMILES string of the molecule is C=CCCCCCCCCCOC(=O)C[C@H]1NC(=O)[C@@H](Cc2ccccc2)NC1=O. The normalized spacial score (nSPS) is 18.4. The molecule has 0 aromatic heterocycles. The van der Waals surface area contributed by atoms with Crippen LogP contribution in [0.15, 0.2) is 43.0 Å². The van der Waals surface area contributed by atoms with Crippen LogP contribution in [0.5, 0.6) is 0 Å². The lowest BCUT2D eigenvalue weighted by molar-refractivity contribution is -0.147. The number of ether oxygens (including phenoxy) is 1. The van der Waals surface area contributed by atoms with Gasteiger partial charge in [-0.2, -0.15) is 0 Å². The molecule has 1 heterocycles. The van der Waals surface area contributed by atoms with Gasteiger partial charge < -0.3 is 15.4 Å². The molecule has 1 aliphatic heterocycles. The van der Waals surface area contributed by atoms with Gasteiger partial charge in [-0.3, -0.25) is 14.4 Å². The summed E-state index contributed by atoms with van der Waals surface area (Å²) in [6, 6.07) is 8.01. The van der Waals surface area contributed by atoms with Gasteiger partial charge in [0.25, 0.3) is 0 Å². The van der Waals surface area contributed by atoms with E-state index in [1.165, 1.54) is 25.7 Å². The van der Waals surface area contributed by atoms with E-state index in [0.29, 0.717) is 13.0 Å². The lowest BCUT2D eigenvalue weighted by atomic mass is 10.0. The van der Waals surface area contributed by atoms with Crippen LogP contribution >= 0.6 is 0 Å². The van der Waals surface area contributed by atoms with Crippen LogP contribution < -0.4 is 10.6 Å². The molecule has 1 aliphatic rings. The number of allylic oxidation sites excluding steroid dienone is 1. The molecule has 0 saturated carbocycles. The molecule has 1 aromatic rings. The number of carbonyl (C=O) groups excluding carboxylic acids is 3. The fraction of sp³-hybridized carbons (Fsp3) is 0.542. The highest BCUT2D eigenvalue weighted by atomic mass is 16.5. The van der Waals surface area contributed by atoms with Crippen molar-refractivity contribution in [3.63, 3.8) is 0 Å². The molecule has 164 valence electrons. The monoisotopic (exact) mass is 414 g/mol. The third-order valence-electron chi connectivity index (χ3n) is 5.24. The third-order valence-corrected chi connectivity index (χ3v) is 5.24. The van der Waals surface area contributed by atoms with Crippen molar-refractivity contribution in [3.05, 3.63) is 48.6 Å². The van der Waals surface area contributed by atoms with Gasteiger partial charge in [-0.1, -0.05) is 68.5 Å². The zero-order valence-corrected chi connectivity index (χ0v) is 17.7. The maximum atomic E-state index is 12.3. The number of nitrogens with one attached hydrogen (secondary N) is 2. The molecule has 0 aliphatic carbocycles. The molecule has 0 radical (unpaired) electrons. The molecule has 30 heavy (non-hydrogen) atoms. The van der Waals surface area contributed by atoms with Crippen LogP contribution in [0.1, 0.15) is 63.4 Å². The van der Waals surface area contributed by atoms with Crippen LogP contribution in [0.2, 0.25) is 0 Å². The van der Waals surface area contributed by atoms with Gasteiger partial charge in [0.2, 0.25) is 11.8 Å². The Balaban J connectivity index is 1.58. The highest BCUT2D eigenvalue weighted by Gasteiger charge is 2.35. The molecule has 6 nitrogen and oxygen atoms in total. The van der Waals surface area contributed by atoms with Crippen molar-refractivity contribution in [2.24, 2.45) is 0 Å². The van der Waals surface area contributed by atoms with E-state index >= 15 is 0 Å². The maximum Gasteiger partial charge on any atom is 0.308 e. The predicted molar refractivity (Wildman–Crippen MR) is 117 cm³/mol. The van der Waals surface area contributed by atoms with Crippen LogP contribution in [0.4, 0.5) is 0 Å². The summed E-state index contributed by atoms with van der Waals surface area (Å²) in [6.07, 6.45) is 11.2. The molecule has 0 unspecified atom stereocenters. The highest BCUT2D eigenvalue weighted by molar-refractivity contribution is 5.98. The predicted octanol–water partition coefficient (Wildman–Crippen LogP) is 3.45. The van der Waals surface area contributed by atoms with Gasteiger partial charge in [0, 0.05) is 6.42 Å². The maximum absolute atomic E-state index is 12.3. The van der Waals surface area contributed by atoms with Gasteiger partial charge in [-0.15, -0.1) is 6.58 Å². The van der Waals surface area contributed by atoms with E-state index in [1.54, 1.807) is 0 Å². The lowest BCUT2D eigenvalue weighted by Crippen LogP contribution is -2.62. The van der Waals surface area contributed by atoms with Crippen molar-refractivity contribution in [3.8, 4) is 0 Å². The smallest absolute Gasteiger partial charge is 0.308 e. The van der Waals surface area contributed by atoms with E-state index in [9.17, 15) is 14.4 Å². The van der Waals surface area contributed by atoms with Crippen LogP contribution in [0.3, 0.4) is 0 Å². The van der Waals surface area contributed by atoms with Crippen molar-refractivity contribution >= 4 is 17.8 Å². The van der Waals surface area contributed by atoms with Crippen LogP contribution in [0.25, 0.3) is 0 Å². The number of rotatable bonds is 14. The van der Waals surface area contributed by atoms with Crippen LogP contribution in [-0.2, 0) is 25.5 Å². The van der Waals surface area contributed by atoms with E-state index < -0.39 is 18.1 Å². The molecule has 0 spiro atoms. The number of unbranched alkanes of at least 4 members (excludes halogenated alkanes) is 7. The molecule has 2 N–H and O–H groups in total. The Morgan fingerprint density at radius 3 is 2.20 bits per heavy atom. The minimum absolute atomic E-state index is 0.140. The van der Waals surface area contributed by atoms with Gasteiger partial charge in [-0.25, -0.2) is 0 Å². The van der Waals surface area contributed by atoms with Crippen LogP contribution in [-0.4, -0.2) is 36.5 Å². The average Bonchev–Trinajstić information content (AvgIpc) is 2.74. The first kappa shape index (κ1) is 23.6. The Kier molecular flexibility index (Phi) is 10.7. The highest BCUT2D eigenvalue weighted by Crippen LogP contribution is 2.11. The van der Waals surface area contributed by atoms with Gasteiger partial charge in [0.1, 0.15) is 12.1 Å². The second-order valence-electron chi connectivity index (χ2n) is 7.79. The topological polar surface area (TPSA) is 84.5 Å². The molecule has 1 aromatic carbocycles. The molecule has 2 atom stereocenters. The lowest BCUT2D eigenvalue weighted by Gasteiger charge is -2.29. The van der Waals surface area contributed by atoms with Crippen molar-refractivity contribution in [2.75, 3.05) is 6.61 Å². The number of esters is 1. The van der Waals surface area contributed by atoms with Gasteiger partial charge in [0.15, 0.2) is 0 Å². The quantitative estimate of drug-likeness (QED) is 0.277. The molecule has 6 heteroatoms. The minimum Gasteiger partial charge on any atom is -0.466 e. The first-order valence-electron chi connectivity index (χ1n) is 11.0. The number of carbonyl (C=O) groups is 3. The number of hydrogen-bond acceptors (Lipinski definition) is 4. The molecule has 0 bridgehead atoms. The van der Waals surface area contributed by atoms with Crippen molar-refractivity contribution in [2.45, 2.75) is 76.3 Å². The zero-order chi connectivity index (χ0) is 21.6. The molecular weight excluding hydrogens is 380 g/mol. The largest absolute Gasteiger partial charge is 0.466 e. The fourth-order valence-corrected chi connectivity index (χ4v) is 3.50. The van der Waals surface area contributed by atoms with E-state index in [0.717, 1.165) is 31.2 Å². The van der Waals surface area contributed by atoms with Crippen molar-refractivity contribution in [1.82, 2.24) is 10.6 Å². The minimum atomic E-state index is -0.868. The van der Waals surface area contributed by atoms with Gasteiger partial charge in [-0.05, 0) is 24.8 Å². The summed E-state index contributed by atoms with van der Waals surface area (Å²) in [5.41, 5.74) is 0.965. The number of piperazine rings is 1. The van der Waals surface area contributed by atoms with E-state index in [1.807, 2.05) is 36.4 Å². The first-order valence-corrected chi connectivity index (χ1v) is 11.0. The summed E-state index contributed by atoms with van der Waals surface area (Å²) in [7, 11) is 0. The Morgan fingerprint density at radius 1 is 0.900 bits per heavy atom. The number of benzene rings is 1.